The zero-order valence-corrected chi connectivity index (χ0v) is 23.8. The SMILES string of the molecule is O=C(N[C@@H](Cc1cc(F)cc(F)c1)[C@H](O)CNCc1cccc(I)c1)c1coc(NS(=O)(=O)c2ccccc2)n1. The molecule has 0 spiro atoms. The fourth-order valence-corrected chi connectivity index (χ4v) is 5.42. The van der Waals surface area contributed by atoms with Gasteiger partial charge in [-0.2, -0.15) is 4.98 Å². The van der Waals surface area contributed by atoms with Gasteiger partial charge in [0, 0.05) is 22.7 Å². The largest absolute Gasteiger partial charge is 0.431 e. The van der Waals surface area contributed by atoms with Crippen LogP contribution in [0, 0.1) is 15.2 Å². The van der Waals surface area contributed by atoms with Crippen molar-refractivity contribution < 1.29 is 31.5 Å². The molecular weight excluding hydrogens is 657 g/mol. The summed E-state index contributed by atoms with van der Waals surface area (Å²) in [5.41, 5.74) is 0.941. The van der Waals surface area contributed by atoms with E-state index >= 15 is 0 Å². The number of nitrogens with zero attached hydrogens (tertiary/aromatic N) is 1. The Morgan fingerprint density at radius 1 is 1.00 bits per heavy atom. The molecule has 9 nitrogen and oxygen atoms in total. The number of hydrogen-bond acceptors (Lipinski definition) is 7. The number of oxazole rings is 1. The fourth-order valence-electron chi connectivity index (χ4n) is 3.86. The van der Waals surface area contributed by atoms with Crippen LogP contribution >= 0.6 is 22.6 Å². The van der Waals surface area contributed by atoms with E-state index in [1.54, 1.807) is 18.2 Å². The van der Waals surface area contributed by atoms with Crippen LogP contribution in [-0.2, 0) is 23.0 Å². The van der Waals surface area contributed by atoms with Crippen molar-refractivity contribution in [3.63, 3.8) is 0 Å². The van der Waals surface area contributed by atoms with E-state index in [0.717, 1.165) is 33.6 Å². The average Bonchev–Trinajstić information content (AvgIpc) is 3.36. The Hall–Kier alpha value is -3.40. The molecule has 40 heavy (non-hydrogen) atoms. The Morgan fingerprint density at radius 3 is 2.42 bits per heavy atom. The Balaban J connectivity index is 1.45. The zero-order valence-electron chi connectivity index (χ0n) is 20.9. The predicted octanol–water partition coefficient (Wildman–Crippen LogP) is 3.85. The molecule has 0 radical (unpaired) electrons. The lowest BCUT2D eigenvalue weighted by molar-refractivity contribution is 0.0825. The first-order valence-electron chi connectivity index (χ1n) is 12.0. The monoisotopic (exact) mass is 682 g/mol. The summed E-state index contributed by atoms with van der Waals surface area (Å²) in [4.78, 5) is 16.8. The number of amides is 1. The summed E-state index contributed by atoms with van der Waals surface area (Å²) in [7, 11) is -4.00. The lowest BCUT2D eigenvalue weighted by Crippen LogP contribution is -2.48. The minimum atomic E-state index is -4.00. The Kier molecular flexibility index (Phi) is 9.84. The van der Waals surface area contributed by atoms with E-state index < -0.39 is 45.7 Å². The number of nitrogens with one attached hydrogen (secondary N) is 3. The third-order valence-electron chi connectivity index (χ3n) is 5.74. The summed E-state index contributed by atoms with van der Waals surface area (Å²) in [6.45, 7) is 0.493. The van der Waals surface area contributed by atoms with Gasteiger partial charge in [-0.3, -0.25) is 4.79 Å². The highest BCUT2D eigenvalue weighted by Gasteiger charge is 2.25. The number of halogens is 3. The van der Waals surface area contributed by atoms with Crippen LogP contribution in [0.15, 0.2) is 88.4 Å². The quantitative estimate of drug-likeness (QED) is 0.167. The number of carbonyl (C=O) groups is 1. The van der Waals surface area contributed by atoms with E-state index in [4.69, 9.17) is 4.42 Å². The molecule has 0 aliphatic carbocycles. The van der Waals surface area contributed by atoms with Gasteiger partial charge in [-0.05, 0) is 76.5 Å². The maximum Gasteiger partial charge on any atom is 0.309 e. The van der Waals surface area contributed by atoms with Crippen LogP contribution in [0.5, 0.6) is 0 Å². The third-order valence-corrected chi connectivity index (χ3v) is 7.75. The molecule has 210 valence electrons. The molecule has 1 heterocycles. The van der Waals surface area contributed by atoms with E-state index in [9.17, 15) is 27.1 Å². The van der Waals surface area contributed by atoms with Crippen molar-refractivity contribution >= 4 is 44.5 Å². The van der Waals surface area contributed by atoms with Gasteiger partial charge in [0.05, 0.1) is 17.0 Å². The minimum absolute atomic E-state index is 0.0255. The molecule has 0 aliphatic heterocycles. The summed E-state index contributed by atoms with van der Waals surface area (Å²) in [6.07, 6.45) is -0.308. The zero-order chi connectivity index (χ0) is 28.7. The number of rotatable bonds is 12. The van der Waals surface area contributed by atoms with Gasteiger partial charge in [0.2, 0.25) is 0 Å². The summed E-state index contributed by atoms with van der Waals surface area (Å²) >= 11 is 2.19. The normalized spacial score (nSPS) is 13.0. The second kappa shape index (κ2) is 13.3. The van der Waals surface area contributed by atoms with Crippen molar-refractivity contribution in [2.45, 2.75) is 30.0 Å². The van der Waals surface area contributed by atoms with Crippen LogP contribution in [0.2, 0.25) is 0 Å². The van der Waals surface area contributed by atoms with Crippen LogP contribution in [-0.4, -0.2) is 43.1 Å². The van der Waals surface area contributed by atoms with Crippen molar-refractivity contribution in [2.24, 2.45) is 0 Å². The van der Waals surface area contributed by atoms with Crippen molar-refractivity contribution in [2.75, 3.05) is 11.3 Å². The van der Waals surface area contributed by atoms with Crippen LogP contribution < -0.4 is 15.4 Å². The maximum absolute atomic E-state index is 13.8. The molecular formula is C27H25F2IN4O5S. The van der Waals surface area contributed by atoms with Gasteiger partial charge >= 0.3 is 6.01 Å². The number of aromatic nitrogens is 1. The number of aliphatic hydroxyl groups excluding tert-OH is 1. The maximum atomic E-state index is 13.8. The molecule has 1 aromatic heterocycles. The van der Waals surface area contributed by atoms with E-state index in [-0.39, 0.29) is 29.1 Å². The highest BCUT2D eigenvalue weighted by Crippen LogP contribution is 2.17. The molecule has 13 heteroatoms. The smallest absolute Gasteiger partial charge is 0.309 e. The van der Waals surface area contributed by atoms with Gasteiger partial charge < -0.3 is 20.2 Å². The first-order chi connectivity index (χ1) is 19.1. The lowest BCUT2D eigenvalue weighted by Gasteiger charge is -2.24. The lowest BCUT2D eigenvalue weighted by atomic mass is 10.0. The Bertz CT molecular complexity index is 1550. The van der Waals surface area contributed by atoms with Crippen LogP contribution in [0.3, 0.4) is 0 Å². The number of aliphatic hydroxyl groups is 1. The molecule has 4 rings (SSSR count). The molecule has 0 aliphatic rings. The Labute approximate surface area is 243 Å². The number of sulfonamides is 1. The molecule has 3 aromatic carbocycles. The fraction of sp³-hybridized carbons (Fsp3) is 0.185. The van der Waals surface area contributed by atoms with Gasteiger partial charge in [0.25, 0.3) is 15.9 Å². The third kappa shape index (κ3) is 8.30. The molecule has 0 unspecified atom stereocenters. The standard InChI is InChI=1S/C27H25F2IN4O5S/c28-19-9-18(10-20(29)13-19)12-23(25(35)15-31-14-17-5-4-6-21(30)11-17)32-26(36)24-16-39-27(33-24)34-40(37,38)22-7-2-1-3-8-22/h1-11,13,16,23,25,31,35H,12,14-15H2,(H,32,36)(H,33,34)/t23-,25+/m0/s1. The number of anilines is 1. The summed E-state index contributed by atoms with van der Waals surface area (Å²) in [5, 5.41) is 16.6. The van der Waals surface area contributed by atoms with E-state index in [2.05, 4.69) is 42.9 Å². The topological polar surface area (TPSA) is 134 Å². The van der Waals surface area contributed by atoms with Crippen molar-refractivity contribution in [1.82, 2.24) is 15.6 Å². The summed E-state index contributed by atoms with van der Waals surface area (Å²) < 4.78 is 61.0. The van der Waals surface area contributed by atoms with Gasteiger partial charge in [-0.1, -0.05) is 30.3 Å². The molecule has 0 saturated carbocycles. The highest BCUT2D eigenvalue weighted by molar-refractivity contribution is 14.1. The van der Waals surface area contributed by atoms with Crippen molar-refractivity contribution in [3.8, 4) is 0 Å². The molecule has 4 aromatic rings. The molecule has 1 amide bonds. The second-order valence-electron chi connectivity index (χ2n) is 8.85. The van der Waals surface area contributed by atoms with Crippen LogP contribution in [0.25, 0.3) is 0 Å². The van der Waals surface area contributed by atoms with Crippen molar-refractivity contribution in [1.29, 1.82) is 0 Å². The number of hydrogen-bond donors (Lipinski definition) is 4. The highest BCUT2D eigenvalue weighted by atomic mass is 127. The van der Waals surface area contributed by atoms with Gasteiger partial charge in [0.15, 0.2) is 5.69 Å². The van der Waals surface area contributed by atoms with E-state index in [0.29, 0.717) is 6.54 Å². The number of carbonyl (C=O) groups excluding carboxylic acids is 1. The first kappa shape index (κ1) is 29.6. The van der Waals surface area contributed by atoms with Gasteiger partial charge in [0.1, 0.15) is 17.9 Å². The summed E-state index contributed by atoms with van der Waals surface area (Å²) in [6, 6.07) is 16.8. The van der Waals surface area contributed by atoms with Gasteiger partial charge in [-0.15, -0.1) is 0 Å². The van der Waals surface area contributed by atoms with Crippen LogP contribution in [0.4, 0.5) is 14.8 Å². The Morgan fingerprint density at radius 2 is 1.73 bits per heavy atom. The molecule has 0 bridgehead atoms. The summed E-state index contributed by atoms with van der Waals surface area (Å²) in [5.74, 6) is -2.37. The van der Waals surface area contributed by atoms with E-state index in [1.807, 2.05) is 24.3 Å². The second-order valence-corrected chi connectivity index (χ2v) is 11.8. The van der Waals surface area contributed by atoms with E-state index in [1.165, 1.54) is 12.1 Å². The average molecular weight is 682 g/mol. The minimum Gasteiger partial charge on any atom is -0.431 e. The molecule has 0 fully saturated rings. The van der Waals surface area contributed by atoms with Crippen molar-refractivity contribution in [3.05, 3.63) is 111 Å². The molecule has 0 saturated heterocycles. The molecule has 4 N–H and O–H groups in total. The molecule has 2 atom stereocenters. The predicted molar refractivity (Wildman–Crippen MR) is 152 cm³/mol. The van der Waals surface area contributed by atoms with Crippen LogP contribution in [0.1, 0.15) is 21.6 Å². The first-order valence-corrected chi connectivity index (χ1v) is 14.6. The van der Waals surface area contributed by atoms with Gasteiger partial charge in [-0.25, -0.2) is 21.9 Å². The number of benzene rings is 3.